The topological polar surface area (TPSA) is 115 Å². The van der Waals surface area contributed by atoms with Gasteiger partial charge in [0.1, 0.15) is 11.0 Å². The smallest absolute Gasteiger partial charge is 0.184 e. The van der Waals surface area contributed by atoms with Crippen LogP contribution in [0.3, 0.4) is 0 Å². The molecule has 3 aromatic heterocycles. The van der Waals surface area contributed by atoms with Gasteiger partial charge in [-0.15, -0.1) is 0 Å². The fourth-order valence-electron chi connectivity index (χ4n) is 6.13. The van der Waals surface area contributed by atoms with E-state index in [0.717, 1.165) is 43.7 Å². The number of aryl methyl sites for hydroxylation is 1. The zero-order chi connectivity index (χ0) is 28.3. The molecule has 1 fully saturated rings. The van der Waals surface area contributed by atoms with Gasteiger partial charge in [-0.1, -0.05) is 37.8 Å². The molecule has 0 unspecified atom stereocenters. The van der Waals surface area contributed by atoms with Crippen LogP contribution in [0, 0.1) is 0 Å². The van der Waals surface area contributed by atoms with E-state index in [0.29, 0.717) is 32.9 Å². The molecule has 0 aliphatic carbocycles. The van der Waals surface area contributed by atoms with E-state index in [2.05, 4.69) is 31.8 Å². The number of hydrogen-bond acceptors (Lipinski definition) is 7. The number of nitrogens with zero attached hydrogens (tertiary/aromatic N) is 4. The van der Waals surface area contributed by atoms with Gasteiger partial charge in [0.15, 0.2) is 23.0 Å². The Balaban J connectivity index is 1.43. The van der Waals surface area contributed by atoms with Crippen LogP contribution in [0.1, 0.15) is 44.9 Å². The lowest BCUT2D eigenvalue weighted by atomic mass is 9.93. The first-order valence-corrected chi connectivity index (χ1v) is 14.5. The molecule has 0 amide bonds. The fraction of sp³-hybridized carbons (Fsp3) is 0.333. The average molecular weight is 553 g/mol. The lowest BCUT2D eigenvalue weighted by Crippen LogP contribution is -2.27. The molecule has 4 N–H and O–H groups in total. The van der Waals surface area contributed by atoms with Crippen molar-refractivity contribution in [3.05, 3.63) is 61.2 Å². The third-order valence-electron chi connectivity index (χ3n) is 8.24. The standard InChI is InChI=1S/C33H36N4O4/c38-28-18-24(22-10-7-12-34-30(22)32(28)40)26-20-37(17-9-16-36-14-5-3-1-2-4-6-15-36)21-27(26)25-19-29(39)33(41)31-23(25)11-8-13-35-31/h7-8,10-13,18-21,38-41H,1-6,9,14-17H2. The van der Waals surface area contributed by atoms with Crippen LogP contribution < -0.4 is 0 Å². The van der Waals surface area contributed by atoms with E-state index in [1.165, 1.54) is 38.5 Å². The molecule has 41 heavy (non-hydrogen) atoms. The Morgan fingerprint density at radius 3 is 1.61 bits per heavy atom. The summed E-state index contributed by atoms with van der Waals surface area (Å²) < 4.78 is 2.15. The summed E-state index contributed by atoms with van der Waals surface area (Å²) in [6, 6.07) is 10.5. The molecule has 4 heterocycles. The van der Waals surface area contributed by atoms with Gasteiger partial charge in [-0.2, -0.15) is 0 Å². The van der Waals surface area contributed by atoms with Crippen LogP contribution in [-0.2, 0) is 6.54 Å². The van der Waals surface area contributed by atoms with Crippen molar-refractivity contribution in [1.82, 2.24) is 19.4 Å². The third kappa shape index (κ3) is 5.39. The second kappa shape index (κ2) is 11.7. The molecule has 1 aliphatic rings. The molecule has 0 radical (unpaired) electrons. The largest absolute Gasteiger partial charge is 0.504 e. The summed E-state index contributed by atoms with van der Waals surface area (Å²) in [7, 11) is 0. The van der Waals surface area contributed by atoms with Gasteiger partial charge in [-0.05, 0) is 74.3 Å². The predicted octanol–water partition coefficient (Wildman–Crippen LogP) is 6.79. The maximum absolute atomic E-state index is 10.6. The number of fused-ring (bicyclic) bond motifs is 2. The molecule has 212 valence electrons. The molecule has 0 saturated carbocycles. The van der Waals surface area contributed by atoms with E-state index < -0.39 is 0 Å². The summed E-state index contributed by atoms with van der Waals surface area (Å²) in [5.74, 6) is -1.02. The van der Waals surface area contributed by atoms with Crippen molar-refractivity contribution in [2.75, 3.05) is 19.6 Å². The highest BCUT2D eigenvalue weighted by molar-refractivity contribution is 6.07. The van der Waals surface area contributed by atoms with Crippen LogP contribution in [0.2, 0.25) is 0 Å². The van der Waals surface area contributed by atoms with E-state index in [9.17, 15) is 20.4 Å². The van der Waals surface area contributed by atoms with Gasteiger partial charge in [-0.3, -0.25) is 9.97 Å². The summed E-state index contributed by atoms with van der Waals surface area (Å²) in [6.45, 7) is 4.13. The van der Waals surface area contributed by atoms with E-state index >= 15 is 0 Å². The lowest BCUT2D eigenvalue weighted by Gasteiger charge is -2.21. The van der Waals surface area contributed by atoms with Crippen molar-refractivity contribution < 1.29 is 20.4 Å². The number of rotatable bonds is 6. The maximum Gasteiger partial charge on any atom is 0.184 e. The highest BCUT2D eigenvalue weighted by atomic mass is 16.3. The predicted molar refractivity (Wildman–Crippen MR) is 161 cm³/mol. The third-order valence-corrected chi connectivity index (χ3v) is 8.24. The molecule has 2 aromatic carbocycles. The van der Waals surface area contributed by atoms with Gasteiger partial charge in [0.2, 0.25) is 0 Å². The molecule has 5 aromatic rings. The normalized spacial score (nSPS) is 15.1. The van der Waals surface area contributed by atoms with E-state index in [1.54, 1.807) is 36.7 Å². The number of benzene rings is 2. The van der Waals surface area contributed by atoms with Crippen molar-refractivity contribution in [1.29, 1.82) is 0 Å². The highest BCUT2D eigenvalue weighted by Gasteiger charge is 2.21. The van der Waals surface area contributed by atoms with Crippen LogP contribution in [0.5, 0.6) is 23.0 Å². The van der Waals surface area contributed by atoms with Crippen LogP contribution in [0.4, 0.5) is 0 Å². The SMILES string of the molecule is Oc1cc(-c2cn(CCCN3CCCCCCCC3)cc2-c2cc(O)c(O)c3ncccc23)c2cccnc2c1O. The maximum atomic E-state index is 10.6. The minimum atomic E-state index is -0.258. The fourth-order valence-corrected chi connectivity index (χ4v) is 6.13. The number of aromatic nitrogens is 3. The van der Waals surface area contributed by atoms with Crippen molar-refractivity contribution in [2.24, 2.45) is 0 Å². The van der Waals surface area contributed by atoms with Crippen molar-refractivity contribution >= 4 is 21.8 Å². The summed E-state index contributed by atoms with van der Waals surface area (Å²) >= 11 is 0. The Morgan fingerprint density at radius 2 is 1.10 bits per heavy atom. The Labute approximate surface area is 239 Å². The van der Waals surface area contributed by atoms with E-state index in [4.69, 9.17) is 0 Å². The van der Waals surface area contributed by atoms with Crippen LogP contribution in [0.15, 0.2) is 61.2 Å². The van der Waals surface area contributed by atoms with Gasteiger partial charge in [-0.25, -0.2) is 0 Å². The zero-order valence-electron chi connectivity index (χ0n) is 23.1. The number of phenols is 4. The van der Waals surface area contributed by atoms with Crippen molar-refractivity contribution in [3.8, 4) is 45.3 Å². The molecule has 1 saturated heterocycles. The average Bonchev–Trinajstić information content (AvgIpc) is 3.46. The molecule has 1 aliphatic heterocycles. The van der Waals surface area contributed by atoms with Crippen LogP contribution in [0.25, 0.3) is 44.1 Å². The first-order chi connectivity index (χ1) is 20.0. The summed E-state index contributed by atoms with van der Waals surface area (Å²) in [4.78, 5) is 11.2. The quantitative estimate of drug-likeness (QED) is 0.172. The second-order valence-electron chi connectivity index (χ2n) is 11.0. The number of phenolic OH excluding ortho intramolecular Hbond substituents is 4. The van der Waals surface area contributed by atoms with Gasteiger partial charge in [0.25, 0.3) is 0 Å². The Hall–Kier alpha value is -4.30. The second-order valence-corrected chi connectivity index (χ2v) is 11.0. The molecule has 0 atom stereocenters. The van der Waals surface area contributed by atoms with Gasteiger partial charge in [0, 0.05) is 53.2 Å². The zero-order valence-corrected chi connectivity index (χ0v) is 23.1. The van der Waals surface area contributed by atoms with Crippen LogP contribution >= 0.6 is 0 Å². The van der Waals surface area contributed by atoms with E-state index in [-0.39, 0.29) is 23.0 Å². The first kappa shape index (κ1) is 26.9. The van der Waals surface area contributed by atoms with Crippen LogP contribution in [-0.4, -0.2) is 59.5 Å². The summed E-state index contributed by atoms with van der Waals surface area (Å²) in [6.07, 6.45) is 16.1. The Morgan fingerprint density at radius 1 is 0.610 bits per heavy atom. The number of hydrogen-bond donors (Lipinski definition) is 4. The molecular weight excluding hydrogens is 516 g/mol. The minimum absolute atomic E-state index is 0.252. The molecular formula is C33H36N4O4. The number of pyridine rings is 2. The molecule has 6 rings (SSSR count). The van der Waals surface area contributed by atoms with Gasteiger partial charge < -0.3 is 29.9 Å². The van der Waals surface area contributed by atoms with Crippen molar-refractivity contribution in [3.63, 3.8) is 0 Å². The summed E-state index contributed by atoms with van der Waals surface area (Å²) in [5.41, 5.74) is 3.68. The summed E-state index contributed by atoms with van der Waals surface area (Å²) in [5, 5.41) is 43.7. The highest BCUT2D eigenvalue weighted by Crippen LogP contribution is 2.46. The molecule has 8 nitrogen and oxygen atoms in total. The van der Waals surface area contributed by atoms with Gasteiger partial charge >= 0.3 is 0 Å². The molecule has 8 heteroatoms. The minimum Gasteiger partial charge on any atom is -0.504 e. The van der Waals surface area contributed by atoms with Gasteiger partial charge in [0.05, 0.1) is 0 Å². The first-order valence-electron chi connectivity index (χ1n) is 14.5. The lowest BCUT2D eigenvalue weighted by molar-refractivity contribution is 0.260. The van der Waals surface area contributed by atoms with Crippen molar-refractivity contribution in [2.45, 2.75) is 51.5 Å². The Kier molecular flexibility index (Phi) is 7.65. The number of aromatic hydroxyl groups is 4. The monoisotopic (exact) mass is 552 g/mol. The Bertz CT molecular complexity index is 1580. The van der Waals surface area contributed by atoms with E-state index in [1.807, 2.05) is 12.1 Å². The molecule has 0 bridgehead atoms. The molecule has 0 spiro atoms.